The first-order valence-corrected chi connectivity index (χ1v) is 6.58. The van der Waals surface area contributed by atoms with E-state index in [2.05, 4.69) is 22.5 Å². The summed E-state index contributed by atoms with van der Waals surface area (Å²) in [5.41, 5.74) is 0. The SMILES string of the molecule is CCNC(=NCC1CCCO1)NCCOCC.I. The van der Waals surface area contributed by atoms with E-state index in [1.54, 1.807) is 0 Å². The van der Waals surface area contributed by atoms with E-state index in [0.717, 1.165) is 51.6 Å². The number of guanidine groups is 1. The molecule has 1 rings (SSSR count). The maximum atomic E-state index is 5.54. The lowest BCUT2D eigenvalue weighted by Crippen LogP contribution is -2.39. The summed E-state index contributed by atoms with van der Waals surface area (Å²) in [7, 11) is 0. The third-order valence-corrected chi connectivity index (χ3v) is 2.56. The minimum absolute atomic E-state index is 0. The van der Waals surface area contributed by atoms with Crippen LogP contribution >= 0.6 is 24.0 Å². The van der Waals surface area contributed by atoms with Crippen LogP contribution in [0.5, 0.6) is 0 Å². The molecule has 18 heavy (non-hydrogen) atoms. The zero-order valence-electron chi connectivity index (χ0n) is 11.4. The van der Waals surface area contributed by atoms with Gasteiger partial charge in [-0.25, -0.2) is 0 Å². The highest BCUT2D eigenvalue weighted by molar-refractivity contribution is 14.0. The Morgan fingerprint density at radius 2 is 2.22 bits per heavy atom. The maximum absolute atomic E-state index is 5.54. The van der Waals surface area contributed by atoms with Gasteiger partial charge in [-0.15, -0.1) is 24.0 Å². The van der Waals surface area contributed by atoms with Gasteiger partial charge in [0.1, 0.15) is 0 Å². The van der Waals surface area contributed by atoms with E-state index in [4.69, 9.17) is 9.47 Å². The van der Waals surface area contributed by atoms with Gasteiger partial charge in [-0.05, 0) is 26.7 Å². The molecule has 1 heterocycles. The Labute approximate surface area is 127 Å². The van der Waals surface area contributed by atoms with Crippen molar-refractivity contribution in [1.82, 2.24) is 10.6 Å². The molecule has 0 aromatic heterocycles. The van der Waals surface area contributed by atoms with Gasteiger partial charge in [-0.1, -0.05) is 0 Å². The van der Waals surface area contributed by atoms with Crippen molar-refractivity contribution in [2.75, 3.05) is 39.5 Å². The molecule has 1 aliphatic rings. The molecule has 0 radical (unpaired) electrons. The van der Waals surface area contributed by atoms with Crippen molar-refractivity contribution in [2.45, 2.75) is 32.8 Å². The molecule has 6 heteroatoms. The number of nitrogens with one attached hydrogen (secondary N) is 2. The molecule has 108 valence electrons. The molecular formula is C12H26IN3O2. The van der Waals surface area contributed by atoms with Gasteiger partial charge in [0.2, 0.25) is 0 Å². The highest BCUT2D eigenvalue weighted by Crippen LogP contribution is 2.11. The lowest BCUT2D eigenvalue weighted by molar-refractivity contribution is 0.117. The minimum atomic E-state index is 0. The zero-order valence-corrected chi connectivity index (χ0v) is 13.7. The molecule has 2 N–H and O–H groups in total. The van der Waals surface area contributed by atoms with Crippen molar-refractivity contribution < 1.29 is 9.47 Å². The Kier molecular flexibility index (Phi) is 11.9. The largest absolute Gasteiger partial charge is 0.380 e. The van der Waals surface area contributed by atoms with Gasteiger partial charge in [-0.2, -0.15) is 0 Å². The third kappa shape index (κ3) is 8.10. The first-order chi connectivity index (χ1) is 8.36. The van der Waals surface area contributed by atoms with Crippen LogP contribution in [0.3, 0.4) is 0 Å². The quantitative estimate of drug-likeness (QED) is 0.307. The molecule has 0 saturated carbocycles. The maximum Gasteiger partial charge on any atom is 0.191 e. The van der Waals surface area contributed by atoms with Crippen molar-refractivity contribution in [2.24, 2.45) is 4.99 Å². The zero-order chi connectivity index (χ0) is 12.3. The molecule has 0 amide bonds. The topological polar surface area (TPSA) is 54.9 Å². The number of aliphatic imine (C=N–C) groups is 1. The summed E-state index contributed by atoms with van der Waals surface area (Å²) in [5.74, 6) is 0.850. The van der Waals surface area contributed by atoms with E-state index < -0.39 is 0 Å². The number of ether oxygens (including phenoxy) is 2. The highest BCUT2D eigenvalue weighted by atomic mass is 127. The lowest BCUT2D eigenvalue weighted by Gasteiger charge is -2.12. The number of nitrogens with zero attached hydrogens (tertiary/aromatic N) is 1. The normalized spacial score (nSPS) is 19.4. The predicted molar refractivity (Wildman–Crippen MR) is 84.9 cm³/mol. The van der Waals surface area contributed by atoms with E-state index in [0.29, 0.717) is 12.7 Å². The summed E-state index contributed by atoms with van der Waals surface area (Å²) in [4.78, 5) is 4.51. The predicted octanol–water partition coefficient (Wildman–Crippen LogP) is 1.37. The second-order valence-electron chi connectivity index (χ2n) is 3.98. The van der Waals surface area contributed by atoms with Gasteiger partial charge in [0.15, 0.2) is 5.96 Å². The molecule has 1 saturated heterocycles. The number of hydrogen-bond donors (Lipinski definition) is 2. The number of hydrogen-bond acceptors (Lipinski definition) is 3. The average Bonchev–Trinajstić information content (AvgIpc) is 2.84. The molecule has 0 bridgehead atoms. The van der Waals surface area contributed by atoms with Crippen LogP contribution in [0.2, 0.25) is 0 Å². The Balaban J connectivity index is 0.00000289. The molecule has 1 unspecified atom stereocenters. The van der Waals surface area contributed by atoms with Gasteiger partial charge in [0.05, 0.1) is 19.3 Å². The Hall–Kier alpha value is -0.0800. The first kappa shape index (κ1) is 17.9. The molecule has 5 nitrogen and oxygen atoms in total. The molecule has 0 aliphatic carbocycles. The van der Waals surface area contributed by atoms with E-state index in [9.17, 15) is 0 Å². The first-order valence-electron chi connectivity index (χ1n) is 6.58. The second kappa shape index (κ2) is 12.0. The van der Waals surface area contributed by atoms with Crippen molar-refractivity contribution in [1.29, 1.82) is 0 Å². The standard InChI is InChI=1S/C12H25N3O2.HI/c1-3-13-12(14-7-9-16-4-2)15-10-11-6-5-8-17-11;/h11H,3-10H2,1-2H3,(H2,13,14,15);1H. The van der Waals surface area contributed by atoms with Gasteiger partial charge in [0.25, 0.3) is 0 Å². The summed E-state index contributed by atoms with van der Waals surface area (Å²) < 4.78 is 10.8. The van der Waals surface area contributed by atoms with Crippen molar-refractivity contribution in [3.63, 3.8) is 0 Å². The molecule has 1 aliphatic heterocycles. The van der Waals surface area contributed by atoms with E-state index in [-0.39, 0.29) is 24.0 Å². The Bertz CT molecular complexity index is 221. The summed E-state index contributed by atoms with van der Waals surface area (Å²) in [6, 6.07) is 0. The monoisotopic (exact) mass is 371 g/mol. The van der Waals surface area contributed by atoms with Crippen LogP contribution in [0, 0.1) is 0 Å². The Morgan fingerprint density at radius 1 is 1.39 bits per heavy atom. The second-order valence-corrected chi connectivity index (χ2v) is 3.98. The summed E-state index contributed by atoms with van der Waals surface area (Å²) in [5, 5.41) is 6.45. The lowest BCUT2D eigenvalue weighted by atomic mass is 10.2. The van der Waals surface area contributed by atoms with Crippen LogP contribution in [-0.4, -0.2) is 51.5 Å². The smallest absolute Gasteiger partial charge is 0.191 e. The average molecular weight is 371 g/mol. The summed E-state index contributed by atoms with van der Waals surface area (Å²) >= 11 is 0. The number of rotatable bonds is 7. The van der Waals surface area contributed by atoms with Gasteiger partial charge < -0.3 is 20.1 Å². The van der Waals surface area contributed by atoms with E-state index in [1.165, 1.54) is 0 Å². The van der Waals surface area contributed by atoms with Crippen LogP contribution in [-0.2, 0) is 9.47 Å². The Morgan fingerprint density at radius 3 is 2.83 bits per heavy atom. The molecular weight excluding hydrogens is 345 g/mol. The van der Waals surface area contributed by atoms with Crippen LogP contribution in [0.15, 0.2) is 4.99 Å². The fourth-order valence-corrected chi connectivity index (χ4v) is 1.71. The molecule has 1 atom stereocenters. The summed E-state index contributed by atoms with van der Waals surface area (Å²) in [6.07, 6.45) is 2.59. The molecule has 0 aromatic rings. The van der Waals surface area contributed by atoms with Crippen molar-refractivity contribution in [3.8, 4) is 0 Å². The molecule has 0 aromatic carbocycles. The van der Waals surface area contributed by atoms with Crippen LogP contribution in [0.25, 0.3) is 0 Å². The van der Waals surface area contributed by atoms with Gasteiger partial charge in [-0.3, -0.25) is 4.99 Å². The summed E-state index contributed by atoms with van der Waals surface area (Å²) in [6.45, 7) is 8.80. The molecule has 1 fully saturated rings. The van der Waals surface area contributed by atoms with Crippen molar-refractivity contribution >= 4 is 29.9 Å². The van der Waals surface area contributed by atoms with E-state index in [1.807, 2.05) is 6.92 Å². The van der Waals surface area contributed by atoms with Crippen LogP contribution in [0.4, 0.5) is 0 Å². The van der Waals surface area contributed by atoms with Crippen LogP contribution < -0.4 is 10.6 Å². The van der Waals surface area contributed by atoms with Crippen molar-refractivity contribution in [3.05, 3.63) is 0 Å². The fourth-order valence-electron chi connectivity index (χ4n) is 1.71. The van der Waals surface area contributed by atoms with Gasteiger partial charge in [0, 0.05) is 26.3 Å². The van der Waals surface area contributed by atoms with Gasteiger partial charge >= 0.3 is 0 Å². The van der Waals surface area contributed by atoms with E-state index >= 15 is 0 Å². The fraction of sp³-hybridized carbons (Fsp3) is 0.917. The van der Waals surface area contributed by atoms with Crippen LogP contribution in [0.1, 0.15) is 26.7 Å². The molecule has 0 spiro atoms. The highest BCUT2D eigenvalue weighted by Gasteiger charge is 2.14. The minimum Gasteiger partial charge on any atom is -0.380 e. The number of halogens is 1. The third-order valence-electron chi connectivity index (χ3n) is 2.56.